The number of ether oxygens (including phenoxy) is 5. The normalized spacial score (nSPS) is 15.1. The number of amides is 2. The molecule has 3 aliphatic heterocycles. The Morgan fingerprint density at radius 1 is 0.467 bits per heavy atom. The first-order chi connectivity index (χ1) is 70.1. The van der Waals surface area contributed by atoms with E-state index in [-0.39, 0.29) is 48.8 Å². The van der Waals surface area contributed by atoms with Gasteiger partial charge in [0.05, 0.1) is 121 Å². The smallest absolute Gasteiger partial charge is 0.410 e. The van der Waals surface area contributed by atoms with Crippen LogP contribution in [0.3, 0.4) is 0 Å². The summed E-state index contributed by atoms with van der Waals surface area (Å²) in [6.45, 7) is 56.0. The van der Waals surface area contributed by atoms with Crippen molar-refractivity contribution in [2.75, 3.05) is 70.4 Å². The minimum atomic E-state index is -2.25. The van der Waals surface area contributed by atoms with Gasteiger partial charge in [0, 0.05) is 133 Å². The predicted octanol–water partition coefficient (Wildman–Crippen LogP) is 23.8. The molecular formula is C109H142Cl5N21O13Si2. The zero-order valence-corrected chi connectivity index (χ0v) is 97.2. The van der Waals surface area contributed by atoms with Gasteiger partial charge < -0.3 is 81.4 Å². The predicted molar refractivity (Wildman–Crippen MR) is 589 cm³/mol. The van der Waals surface area contributed by atoms with Crippen molar-refractivity contribution in [3.63, 3.8) is 0 Å². The minimum absolute atomic E-state index is 0. The number of benzene rings is 3. The Hall–Kier alpha value is -11.0. The van der Waals surface area contributed by atoms with Gasteiger partial charge in [0.2, 0.25) is 0 Å². The second kappa shape index (κ2) is 46.9. The van der Waals surface area contributed by atoms with Crippen LogP contribution in [-0.4, -0.2) is 209 Å². The van der Waals surface area contributed by atoms with Crippen LogP contribution in [0.1, 0.15) is 242 Å². The van der Waals surface area contributed by atoms with Crippen LogP contribution in [0.2, 0.25) is 56.5 Å². The highest BCUT2D eigenvalue weighted by atomic mass is 35.5. The number of halogens is 5. The third kappa shape index (κ3) is 28.0. The minimum Gasteiger partial charge on any atom is -0.491 e. The number of carbonyl (C=O) groups is 2. The summed E-state index contributed by atoms with van der Waals surface area (Å²) in [6.07, 6.45) is 10.8. The van der Waals surface area contributed by atoms with E-state index in [1.165, 1.54) is 29.0 Å². The SMILES string of the molecule is CNC[C@@H](O)COc1ccc(Cl)c(-c2nc(-c3c(C)noc3C)c(C)c(N3Cc4cnc(C5CC5)nc4C3)n2)c1.Cc1noc(C)c1-c1nc(-c2cc(OC[C@@H](CN(C)C(=O)OC(C)(C)C)O[Si](C)(C)C(C)(C)C)ccc2Cl)nc(Cl)c1C.Cc1noc(C)c1-c1nc(-c2cc(OC[C@@H](CN(C)C(=O)OC(C)(C)C)O[Si](C)(C)C(C)(C)C)ccc2Cl)nc(N2Cc3cnc(C4CC4)nc3C2)c1C.Cl.c1nc(C2CC2)nc2c1CNC2. The molecule has 2 amide bonds. The Morgan fingerprint density at radius 3 is 1.14 bits per heavy atom. The maximum atomic E-state index is 13.0. The molecule has 0 spiro atoms. The topological polar surface area (TPSA) is 389 Å². The van der Waals surface area contributed by atoms with E-state index >= 15 is 0 Å². The number of aliphatic hydroxyl groups is 1. The standard InChI is InChI=1S/C40H54ClN7O5Si.C31H44Cl2N4O5Si.C29H32ClN7O3.C9H11N3.ClH/c1-23-34(33-24(2)46-52-25(33)3)44-36(45-37(23)48-19-27-18-42-35(26-13-14-26)43-32(27)21-48)30-17-28(15-16-31(30)41)50-22-29(53-54(11,12)40(7,8)9)20-47(10)38(49)51-39(4,5)6;1-18-26(25-19(2)36-41-20(25)3)34-28(35-27(18)33)23-15-21(13-14-24(23)32)39-17-22(42-43(11,12)31(7,8)9)16-37(10)29(38)40-30(4,5)6;1-15-26(25-16(2)36-40-17(25)3)34-28(22-9-21(7-8-23(22)30)39-14-20(38)11-31-4)35-29(15)37-12-19-10-32-27(18-5-6-18)33-24(19)13-37;1-2-6(1)9-11-4-7-3-10-5-8(7)12-9;/h15-18,26,29H,13-14,19-22H2,1-12H3;13-15,22H,16-17H2,1-12H3;7-10,18,20,31,38H,5-6,11-14H2,1-4H3;4,6,10H,1-3,5H2;1H/t29-;22-;20-;;/m111../s1. The van der Waals surface area contributed by atoms with E-state index in [4.69, 9.17) is 127 Å². The molecule has 34 nitrogen and oxygen atoms in total. The van der Waals surface area contributed by atoms with Gasteiger partial charge in [-0.25, -0.2) is 69.4 Å². The lowest BCUT2D eigenvalue weighted by molar-refractivity contribution is 0.0166. The summed E-state index contributed by atoms with van der Waals surface area (Å²) in [5, 5.41) is 30.4. The molecule has 150 heavy (non-hydrogen) atoms. The molecule has 3 N–H and O–H groups in total. The first-order valence-corrected chi connectivity index (χ1v) is 58.2. The van der Waals surface area contributed by atoms with Gasteiger partial charge in [-0.1, -0.05) is 103 Å². The Labute approximate surface area is 907 Å². The Morgan fingerprint density at radius 2 is 0.807 bits per heavy atom. The van der Waals surface area contributed by atoms with Crippen molar-refractivity contribution in [3.8, 4) is 85.2 Å². The molecule has 12 heterocycles. The second-order valence-corrected chi connectivity index (χ2v) is 55.7. The third-order valence-corrected chi connectivity index (χ3v) is 38.1. The highest BCUT2D eigenvalue weighted by molar-refractivity contribution is 6.74. The first kappa shape index (κ1) is 115. The number of rotatable bonds is 30. The summed E-state index contributed by atoms with van der Waals surface area (Å²) in [6, 6.07) is 16.1. The van der Waals surface area contributed by atoms with Crippen molar-refractivity contribution >= 4 is 99.3 Å². The number of hydrogen-bond acceptors (Lipinski definition) is 32. The molecule has 3 aliphatic carbocycles. The number of anilines is 2. The van der Waals surface area contributed by atoms with Gasteiger partial charge in [-0.3, -0.25) is 0 Å². The molecule has 3 aromatic carbocycles. The number of nitrogens with one attached hydrogen (secondary N) is 2. The van der Waals surface area contributed by atoms with Crippen molar-refractivity contribution in [1.29, 1.82) is 0 Å². The number of carbonyl (C=O) groups excluding carboxylic acids is 2. The quantitative estimate of drug-likeness (QED) is 0.0278. The van der Waals surface area contributed by atoms with E-state index in [1.807, 2.05) is 141 Å². The number of likely N-dealkylation sites (N-methyl/N-ethyl adjacent to an activating group) is 3. The summed E-state index contributed by atoms with van der Waals surface area (Å²) in [4.78, 5) is 90.9. The van der Waals surface area contributed by atoms with E-state index in [0.29, 0.717) is 163 Å². The van der Waals surface area contributed by atoms with Gasteiger partial charge >= 0.3 is 12.2 Å². The zero-order chi connectivity index (χ0) is 108. The molecule has 6 aliphatic rings. The lowest BCUT2D eigenvalue weighted by Crippen LogP contribution is -2.49. The maximum absolute atomic E-state index is 13.0. The Kier molecular flexibility index (Phi) is 35.8. The van der Waals surface area contributed by atoms with E-state index in [1.54, 1.807) is 62.4 Å². The monoisotopic (exact) mass is 2180 g/mol. The molecule has 0 saturated heterocycles. The van der Waals surface area contributed by atoms with Gasteiger partial charge in [0.15, 0.2) is 34.1 Å². The number of hydrogen-bond donors (Lipinski definition) is 3. The first-order valence-electron chi connectivity index (χ1n) is 50.9. The molecular weight excluding hydrogens is 2040 g/mol. The summed E-state index contributed by atoms with van der Waals surface area (Å²) in [7, 11) is 0.743. The number of aliphatic hydroxyl groups excluding tert-OH is 1. The van der Waals surface area contributed by atoms with Crippen LogP contribution in [0, 0.1) is 62.3 Å². The Balaban J connectivity index is 0.000000168. The summed E-state index contributed by atoms with van der Waals surface area (Å²) in [5.41, 5.74) is 16.6. The highest BCUT2D eigenvalue weighted by Gasteiger charge is 2.44. The molecule has 0 bridgehead atoms. The van der Waals surface area contributed by atoms with Gasteiger partial charge in [-0.05, 0) is 240 Å². The van der Waals surface area contributed by atoms with E-state index in [0.717, 1.165) is 141 Å². The van der Waals surface area contributed by atoms with E-state index in [2.05, 4.69) is 129 Å². The van der Waals surface area contributed by atoms with Crippen LogP contribution >= 0.6 is 58.8 Å². The molecule has 41 heteroatoms. The molecule has 3 saturated carbocycles. The summed E-state index contributed by atoms with van der Waals surface area (Å²) in [5.74, 6) is 11.1. The molecule has 0 unspecified atom stereocenters. The lowest BCUT2D eigenvalue weighted by atomic mass is 10.0. The molecule has 3 fully saturated rings. The van der Waals surface area contributed by atoms with Crippen LogP contribution < -0.4 is 34.6 Å². The zero-order valence-electron chi connectivity index (χ0n) is 91.4. The van der Waals surface area contributed by atoms with Crippen molar-refractivity contribution in [1.82, 2.24) is 95.7 Å². The van der Waals surface area contributed by atoms with Crippen LogP contribution in [0.5, 0.6) is 17.2 Å². The summed E-state index contributed by atoms with van der Waals surface area (Å²) >= 11 is 26.8. The van der Waals surface area contributed by atoms with Gasteiger partial charge in [0.25, 0.3) is 0 Å². The molecule has 12 aromatic rings. The average molecular weight is 2190 g/mol. The molecule has 0 radical (unpaired) electrons. The van der Waals surface area contributed by atoms with Crippen molar-refractivity contribution in [2.45, 2.75) is 307 Å². The van der Waals surface area contributed by atoms with Gasteiger partial charge in [-0.15, -0.1) is 12.4 Å². The molecule has 3 atom stereocenters. The molecule has 804 valence electrons. The van der Waals surface area contributed by atoms with Gasteiger partial charge in [-0.2, -0.15) is 0 Å². The third-order valence-electron chi connectivity index (χ3n) is 27.7. The van der Waals surface area contributed by atoms with Crippen LogP contribution in [0.25, 0.3) is 67.9 Å². The number of aryl methyl sites for hydroxylation is 6. The van der Waals surface area contributed by atoms with Crippen LogP contribution in [0.4, 0.5) is 21.2 Å². The maximum Gasteiger partial charge on any atom is 0.410 e. The van der Waals surface area contributed by atoms with Crippen molar-refractivity contribution in [2.24, 2.45) is 0 Å². The number of nitrogens with zero attached hydrogens (tertiary/aromatic N) is 19. The fourth-order valence-corrected chi connectivity index (χ4v) is 20.5. The number of aromatic nitrogens is 15. The highest BCUT2D eigenvalue weighted by Crippen LogP contribution is 2.48. The molecule has 9 aromatic heterocycles. The number of fused-ring (bicyclic) bond motifs is 3. The molecule has 18 rings (SSSR count). The summed E-state index contributed by atoms with van der Waals surface area (Å²) < 4.78 is 59.8. The Bertz CT molecular complexity index is 6830. The average Bonchev–Trinajstić information content (AvgIpc) is 1.54. The van der Waals surface area contributed by atoms with E-state index in [9.17, 15) is 14.7 Å². The lowest BCUT2D eigenvalue weighted by Gasteiger charge is -2.40. The van der Waals surface area contributed by atoms with E-state index < -0.39 is 58.3 Å². The van der Waals surface area contributed by atoms with Crippen molar-refractivity contribution < 1.29 is 60.8 Å². The van der Waals surface area contributed by atoms with Gasteiger partial charge in [0.1, 0.15) is 106 Å². The second-order valence-electron chi connectivity index (χ2n) is 44.6. The largest absolute Gasteiger partial charge is 0.491 e. The van der Waals surface area contributed by atoms with Crippen LogP contribution in [-0.2, 0) is 57.6 Å². The fraction of sp³-hybridized carbons (Fsp3) is 0.514. The fourth-order valence-electron chi connectivity index (χ4n) is 17.0. The van der Waals surface area contributed by atoms with Crippen molar-refractivity contribution in [3.05, 3.63) is 196 Å². The van der Waals surface area contributed by atoms with Crippen LogP contribution in [0.15, 0.2) is 86.8 Å².